The third-order valence-electron chi connectivity index (χ3n) is 2.16. The summed E-state index contributed by atoms with van der Waals surface area (Å²) in [5, 5.41) is 0. The molecular weight excluding hydrogens is 123 g/mol. The Labute approximate surface area is 67.5 Å². The van der Waals surface area contributed by atoms with E-state index in [0.717, 1.165) is 0 Å². The zero-order valence-electron chi connectivity index (χ0n) is 6.91. The molecule has 0 amide bonds. The van der Waals surface area contributed by atoms with Crippen LogP contribution in [0.1, 0.15) is 46.5 Å². The van der Waals surface area contributed by atoms with Crippen molar-refractivity contribution in [2.24, 2.45) is 0 Å². The van der Waals surface area contributed by atoms with E-state index in [4.69, 9.17) is 0 Å². The van der Waals surface area contributed by atoms with Gasteiger partial charge in [-0.2, -0.15) is 0 Å². The lowest BCUT2D eigenvalue weighted by Crippen LogP contribution is -2.09. The van der Waals surface area contributed by atoms with Crippen LogP contribution in [-0.4, -0.2) is 16.3 Å². The second-order valence-electron chi connectivity index (χ2n) is 2.82. The van der Waals surface area contributed by atoms with Crippen LogP contribution in [0.4, 0.5) is 0 Å². The summed E-state index contributed by atoms with van der Waals surface area (Å²) in [6.07, 6.45) is 5.25. The predicted molar refractivity (Wildman–Crippen MR) is 43.9 cm³/mol. The summed E-state index contributed by atoms with van der Waals surface area (Å²) in [4.78, 5) is 0. The molecule has 1 heteroatoms. The summed E-state index contributed by atoms with van der Waals surface area (Å²) < 4.78 is 0.550. The highest BCUT2D eigenvalue weighted by Crippen LogP contribution is 2.35. The molecule has 0 bridgehead atoms. The lowest BCUT2D eigenvalue weighted by Gasteiger charge is -2.27. The van der Waals surface area contributed by atoms with Crippen molar-refractivity contribution in [3.8, 4) is 0 Å². The van der Waals surface area contributed by atoms with Crippen LogP contribution < -0.4 is 0 Å². The van der Waals surface area contributed by atoms with Gasteiger partial charge in [-0.05, 0) is 0 Å². The normalized spacial score (nSPS) is 11.9. The third kappa shape index (κ3) is 3.28. The van der Waals surface area contributed by atoms with Gasteiger partial charge in [0.15, 0.2) is 0 Å². The first-order valence-electron chi connectivity index (χ1n) is 3.97. The van der Waals surface area contributed by atoms with Gasteiger partial charge in [0.2, 0.25) is 0 Å². The number of rotatable bonds is 4. The molecule has 0 aromatic carbocycles. The van der Waals surface area contributed by atoms with Gasteiger partial charge in [0.25, 0.3) is 0 Å². The summed E-state index contributed by atoms with van der Waals surface area (Å²) in [6.45, 7) is 6.79. The van der Waals surface area contributed by atoms with Crippen molar-refractivity contribution in [2.75, 3.05) is 0 Å². The Morgan fingerprint density at radius 3 is 1.67 bits per heavy atom. The van der Waals surface area contributed by atoms with E-state index in [0.29, 0.717) is 4.28 Å². The van der Waals surface area contributed by atoms with Gasteiger partial charge in [0.1, 0.15) is 16.3 Å². The molecule has 0 saturated carbocycles. The zero-order valence-corrected chi connectivity index (χ0v) is 8.06. The SMILES string of the molecule is CCC[C]([Al])(CC)CC. The highest BCUT2D eigenvalue weighted by Gasteiger charge is 2.15. The van der Waals surface area contributed by atoms with Crippen LogP contribution in [-0.2, 0) is 0 Å². The molecule has 2 radical (unpaired) electrons. The maximum atomic E-state index is 2.99. The summed E-state index contributed by atoms with van der Waals surface area (Å²) >= 11 is 2.99. The van der Waals surface area contributed by atoms with E-state index in [1.54, 1.807) is 0 Å². The largest absolute Gasteiger partial charge is 0.129 e. The van der Waals surface area contributed by atoms with E-state index in [2.05, 4.69) is 37.1 Å². The standard InChI is InChI=1S/C8H17.Al/c1-4-7-8(5-2)6-3;/h4-7H2,1-3H3;. The highest BCUT2D eigenvalue weighted by atomic mass is 27.0. The highest BCUT2D eigenvalue weighted by molar-refractivity contribution is 6.15. The molecule has 0 rings (SSSR count). The van der Waals surface area contributed by atoms with E-state index < -0.39 is 0 Å². The van der Waals surface area contributed by atoms with Gasteiger partial charge in [-0.1, -0.05) is 50.7 Å². The van der Waals surface area contributed by atoms with E-state index in [1.807, 2.05) is 0 Å². The molecule has 9 heavy (non-hydrogen) atoms. The Morgan fingerprint density at radius 2 is 1.56 bits per heavy atom. The fourth-order valence-corrected chi connectivity index (χ4v) is 1.39. The molecular formula is C8H17Al. The van der Waals surface area contributed by atoms with Gasteiger partial charge in [-0.15, -0.1) is 0 Å². The van der Waals surface area contributed by atoms with Gasteiger partial charge in [0, 0.05) is 0 Å². The van der Waals surface area contributed by atoms with E-state index in [-0.39, 0.29) is 0 Å². The molecule has 0 heterocycles. The maximum absolute atomic E-state index is 2.99. The van der Waals surface area contributed by atoms with Crippen LogP contribution in [0.5, 0.6) is 0 Å². The molecule has 0 atom stereocenters. The summed E-state index contributed by atoms with van der Waals surface area (Å²) in [5.41, 5.74) is 0. The first-order valence-corrected chi connectivity index (χ1v) is 4.55. The Morgan fingerprint density at radius 1 is 1.11 bits per heavy atom. The first-order chi connectivity index (χ1) is 4.18. The summed E-state index contributed by atoms with van der Waals surface area (Å²) in [5.74, 6) is 0. The molecule has 0 spiro atoms. The third-order valence-corrected chi connectivity index (χ3v) is 3.26. The van der Waals surface area contributed by atoms with Crippen molar-refractivity contribution in [3.63, 3.8) is 0 Å². The van der Waals surface area contributed by atoms with Crippen molar-refractivity contribution >= 4 is 16.3 Å². The van der Waals surface area contributed by atoms with Crippen LogP contribution in [0.15, 0.2) is 0 Å². The molecule has 0 aliphatic rings. The monoisotopic (exact) mass is 140 g/mol. The Balaban J connectivity index is 3.62. The van der Waals surface area contributed by atoms with Crippen molar-refractivity contribution in [3.05, 3.63) is 0 Å². The maximum Gasteiger partial charge on any atom is 0.129 e. The summed E-state index contributed by atoms with van der Waals surface area (Å²) in [7, 11) is 0. The molecule has 0 aromatic rings. The molecule has 0 aromatic heterocycles. The second kappa shape index (κ2) is 4.36. The van der Waals surface area contributed by atoms with Gasteiger partial charge in [-0.3, -0.25) is 0 Å². The minimum absolute atomic E-state index is 0.550. The molecule has 0 aliphatic carbocycles. The molecule has 52 valence electrons. The van der Waals surface area contributed by atoms with E-state index in [1.165, 1.54) is 25.7 Å². The zero-order chi connectivity index (χ0) is 7.33. The molecule has 0 aliphatic heterocycles. The quantitative estimate of drug-likeness (QED) is 0.527. The molecule has 0 fully saturated rings. The smallest absolute Gasteiger partial charge is 0.0972 e. The topological polar surface area (TPSA) is 0 Å². The van der Waals surface area contributed by atoms with Crippen LogP contribution in [0.2, 0.25) is 4.28 Å². The van der Waals surface area contributed by atoms with Crippen molar-refractivity contribution in [1.82, 2.24) is 0 Å². The predicted octanol–water partition coefficient (Wildman–Crippen LogP) is 2.93. The van der Waals surface area contributed by atoms with E-state index in [9.17, 15) is 0 Å². The van der Waals surface area contributed by atoms with Gasteiger partial charge in [0.05, 0.1) is 0 Å². The lowest BCUT2D eigenvalue weighted by atomic mass is 9.96. The number of hydrogen-bond donors (Lipinski definition) is 0. The van der Waals surface area contributed by atoms with Crippen molar-refractivity contribution < 1.29 is 0 Å². The van der Waals surface area contributed by atoms with Crippen LogP contribution in [0, 0.1) is 0 Å². The molecule has 0 saturated heterocycles. The minimum Gasteiger partial charge on any atom is -0.0972 e. The Bertz CT molecular complexity index is 65.0. The molecule has 0 N–H and O–H groups in total. The Kier molecular flexibility index (Phi) is 4.62. The van der Waals surface area contributed by atoms with Gasteiger partial charge >= 0.3 is 0 Å². The van der Waals surface area contributed by atoms with Gasteiger partial charge in [-0.25, -0.2) is 0 Å². The van der Waals surface area contributed by atoms with Crippen molar-refractivity contribution in [2.45, 2.75) is 50.7 Å². The van der Waals surface area contributed by atoms with Crippen LogP contribution in [0.25, 0.3) is 0 Å². The van der Waals surface area contributed by atoms with Crippen LogP contribution >= 0.6 is 0 Å². The summed E-state index contributed by atoms with van der Waals surface area (Å²) in [6, 6.07) is 0. The molecule has 0 unspecified atom stereocenters. The lowest BCUT2D eigenvalue weighted by molar-refractivity contribution is 0.476. The second-order valence-corrected chi connectivity index (χ2v) is 4.04. The van der Waals surface area contributed by atoms with Gasteiger partial charge < -0.3 is 0 Å². The number of hydrogen-bond acceptors (Lipinski definition) is 0. The molecule has 0 nitrogen and oxygen atoms in total. The van der Waals surface area contributed by atoms with Crippen molar-refractivity contribution in [1.29, 1.82) is 0 Å². The first kappa shape index (κ1) is 9.53. The average Bonchev–Trinajstić information content (AvgIpc) is 1.89. The van der Waals surface area contributed by atoms with Crippen LogP contribution in [0.3, 0.4) is 0 Å². The fraction of sp³-hybridized carbons (Fsp3) is 1.00. The Hall–Kier alpha value is 0.532. The average molecular weight is 140 g/mol. The van der Waals surface area contributed by atoms with E-state index >= 15 is 0 Å². The fourth-order valence-electron chi connectivity index (χ4n) is 1.10. The minimum atomic E-state index is 0.550.